The van der Waals surface area contributed by atoms with Crippen molar-refractivity contribution in [2.75, 3.05) is 6.61 Å². The van der Waals surface area contributed by atoms with E-state index in [0.29, 0.717) is 6.61 Å². The van der Waals surface area contributed by atoms with Gasteiger partial charge in [0.1, 0.15) is 0 Å². The number of carbonyl (C=O) groups excluding carboxylic acids is 2. The lowest BCUT2D eigenvalue weighted by Gasteiger charge is -2.51. The molecule has 1 amide bonds. The van der Waals surface area contributed by atoms with Gasteiger partial charge in [0.05, 0.1) is 12.0 Å². The zero-order valence-corrected chi connectivity index (χ0v) is 19.5. The highest BCUT2D eigenvalue weighted by molar-refractivity contribution is 6.48. The van der Waals surface area contributed by atoms with Gasteiger partial charge < -0.3 is 9.74 Å². The van der Waals surface area contributed by atoms with Crippen molar-refractivity contribution < 1.29 is 14.0 Å². The molecule has 154 valence electrons. The number of benzene rings is 1. The van der Waals surface area contributed by atoms with Crippen LogP contribution in [0.1, 0.15) is 57.0 Å². The first-order valence-electron chi connectivity index (χ1n) is 10.5. The largest absolute Gasteiger partial charge is 0.420 e. The maximum atomic E-state index is 13.4. The maximum Gasteiger partial charge on any atom is 0.225 e. The van der Waals surface area contributed by atoms with Gasteiger partial charge in [-0.25, -0.2) is 0 Å². The standard InChI is InChI=1S/C23H35NO3Si/c1-22(2,3)17(13-27-28(6)7)18-19(24-21(18)26)15-12-23(4,5)16-11-9-8-10-14(16)20(15)25/h8-11,15,17-19,28H,12-13H2,1-7H3,(H,24,26)/t15?,17-,18+,19-/m1/s1. The van der Waals surface area contributed by atoms with Gasteiger partial charge in [0, 0.05) is 18.1 Å². The quantitative estimate of drug-likeness (QED) is 0.600. The van der Waals surface area contributed by atoms with Crippen LogP contribution in [0.3, 0.4) is 0 Å². The Morgan fingerprint density at radius 2 is 1.86 bits per heavy atom. The molecule has 1 saturated heterocycles. The summed E-state index contributed by atoms with van der Waals surface area (Å²) in [6.07, 6.45) is 0.765. The van der Waals surface area contributed by atoms with E-state index in [1.165, 1.54) is 0 Å². The second-order valence-electron chi connectivity index (χ2n) is 10.5. The molecule has 0 radical (unpaired) electrons. The SMILES string of the molecule is C[SiH](C)OC[C@H]([C@@H]1C(=O)N[C@@H]1C1CC(C)(C)c2ccccc2C1=O)C(C)(C)C. The average molecular weight is 402 g/mol. The molecule has 3 rings (SSSR count). The van der Waals surface area contributed by atoms with Crippen molar-refractivity contribution in [1.82, 2.24) is 5.32 Å². The number of fused-ring (bicyclic) bond motifs is 1. The van der Waals surface area contributed by atoms with Crippen molar-refractivity contribution in [2.45, 2.75) is 65.6 Å². The summed E-state index contributed by atoms with van der Waals surface area (Å²) in [7, 11) is -1.18. The topological polar surface area (TPSA) is 55.4 Å². The van der Waals surface area contributed by atoms with E-state index in [2.05, 4.69) is 59.1 Å². The first-order valence-corrected chi connectivity index (χ1v) is 13.3. The lowest BCUT2D eigenvalue weighted by Crippen LogP contribution is -2.67. The van der Waals surface area contributed by atoms with Crippen molar-refractivity contribution in [3.63, 3.8) is 0 Å². The van der Waals surface area contributed by atoms with Crippen LogP contribution >= 0.6 is 0 Å². The van der Waals surface area contributed by atoms with Gasteiger partial charge in [-0.2, -0.15) is 0 Å². The van der Waals surface area contributed by atoms with Crippen LogP contribution in [-0.2, 0) is 14.6 Å². The van der Waals surface area contributed by atoms with Crippen LogP contribution in [0.15, 0.2) is 24.3 Å². The molecule has 4 atom stereocenters. The molecule has 1 heterocycles. The number of β-lactam (4-membered cyclic amide) rings is 1. The van der Waals surface area contributed by atoms with Gasteiger partial charge in [-0.1, -0.05) is 58.9 Å². The fourth-order valence-corrected chi connectivity index (χ4v) is 5.51. The Labute approximate surface area is 171 Å². The van der Waals surface area contributed by atoms with E-state index in [1.807, 2.05) is 18.2 Å². The van der Waals surface area contributed by atoms with E-state index in [-0.39, 0.29) is 46.3 Å². The van der Waals surface area contributed by atoms with Crippen LogP contribution in [0.25, 0.3) is 0 Å². The van der Waals surface area contributed by atoms with Gasteiger partial charge in [-0.15, -0.1) is 0 Å². The minimum absolute atomic E-state index is 0.0604. The molecule has 1 aromatic rings. The van der Waals surface area contributed by atoms with E-state index in [1.54, 1.807) is 0 Å². The molecule has 1 N–H and O–H groups in total. The highest BCUT2D eigenvalue weighted by Gasteiger charge is 2.55. The van der Waals surface area contributed by atoms with Crippen molar-refractivity contribution in [1.29, 1.82) is 0 Å². The molecular formula is C23H35NO3Si. The number of nitrogens with one attached hydrogen (secondary N) is 1. The molecular weight excluding hydrogens is 366 g/mol. The molecule has 28 heavy (non-hydrogen) atoms. The minimum Gasteiger partial charge on any atom is -0.420 e. The lowest BCUT2D eigenvalue weighted by molar-refractivity contribution is -0.144. The Morgan fingerprint density at radius 1 is 1.21 bits per heavy atom. The number of ketones is 1. The van der Waals surface area contributed by atoms with Crippen LogP contribution in [-0.4, -0.2) is 33.4 Å². The number of hydrogen-bond donors (Lipinski definition) is 1. The smallest absolute Gasteiger partial charge is 0.225 e. The van der Waals surface area contributed by atoms with Crippen LogP contribution in [0.2, 0.25) is 13.1 Å². The summed E-state index contributed by atoms with van der Waals surface area (Å²) in [5, 5.41) is 3.10. The van der Waals surface area contributed by atoms with Crippen LogP contribution < -0.4 is 5.32 Å². The predicted octanol–water partition coefficient (Wildman–Crippen LogP) is 3.94. The molecule has 1 aliphatic carbocycles. The van der Waals surface area contributed by atoms with Crippen molar-refractivity contribution in [2.24, 2.45) is 23.2 Å². The molecule has 2 aliphatic rings. The summed E-state index contributed by atoms with van der Waals surface area (Å²) in [5.74, 6) is 0.0193. The molecule has 0 bridgehead atoms. The van der Waals surface area contributed by atoms with Gasteiger partial charge >= 0.3 is 0 Å². The molecule has 0 spiro atoms. The van der Waals surface area contributed by atoms with Crippen molar-refractivity contribution in [3.8, 4) is 0 Å². The average Bonchev–Trinajstić information content (AvgIpc) is 2.58. The fourth-order valence-electron chi connectivity index (χ4n) is 4.92. The Morgan fingerprint density at radius 3 is 2.43 bits per heavy atom. The lowest BCUT2D eigenvalue weighted by atomic mass is 9.59. The first kappa shape index (κ1) is 21.3. The van der Waals surface area contributed by atoms with E-state index in [0.717, 1.165) is 17.5 Å². The predicted molar refractivity (Wildman–Crippen MR) is 115 cm³/mol. The number of rotatable bonds is 5. The second kappa shape index (κ2) is 7.41. The Kier molecular flexibility index (Phi) is 5.63. The highest BCUT2D eigenvalue weighted by atomic mass is 28.3. The van der Waals surface area contributed by atoms with E-state index < -0.39 is 9.04 Å². The fraction of sp³-hybridized carbons (Fsp3) is 0.652. The zero-order valence-electron chi connectivity index (χ0n) is 18.3. The van der Waals surface area contributed by atoms with Gasteiger partial charge in [0.15, 0.2) is 14.8 Å². The second-order valence-corrected chi connectivity index (χ2v) is 12.9. The summed E-state index contributed by atoms with van der Waals surface area (Å²) in [6.45, 7) is 15.8. The van der Waals surface area contributed by atoms with Crippen molar-refractivity contribution in [3.05, 3.63) is 35.4 Å². The van der Waals surface area contributed by atoms with Crippen LogP contribution in [0.4, 0.5) is 0 Å². The molecule has 0 saturated carbocycles. The van der Waals surface area contributed by atoms with Gasteiger partial charge in [0.25, 0.3) is 0 Å². The van der Waals surface area contributed by atoms with E-state index in [4.69, 9.17) is 4.43 Å². The van der Waals surface area contributed by atoms with E-state index >= 15 is 0 Å². The third-order valence-corrected chi connectivity index (χ3v) is 7.43. The summed E-state index contributed by atoms with van der Waals surface area (Å²) in [6, 6.07) is 7.85. The Balaban J connectivity index is 1.91. The normalized spacial score (nSPS) is 27.8. The molecule has 5 heteroatoms. The summed E-state index contributed by atoms with van der Waals surface area (Å²) in [4.78, 5) is 26.0. The summed E-state index contributed by atoms with van der Waals surface area (Å²) < 4.78 is 6.07. The molecule has 0 aromatic heterocycles. The minimum atomic E-state index is -1.18. The number of amides is 1. The van der Waals surface area contributed by atoms with Gasteiger partial charge in [0.2, 0.25) is 5.91 Å². The van der Waals surface area contributed by atoms with Crippen molar-refractivity contribution >= 4 is 20.7 Å². The Hall–Kier alpha value is -1.46. The molecule has 1 aromatic carbocycles. The Bertz CT molecular complexity index is 765. The van der Waals surface area contributed by atoms with E-state index in [9.17, 15) is 9.59 Å². The molecule has 4 nitrogen and oxygen atoms in total. The summed E-state index contributed by atoms with van der Waals surface area (Å²) >= 11 is 0. The molecule has 1 aliphatic heterocycles. The highest BCUT2D eigenvalue weighted by Crippen LogP contribution is 2.46. The third-order valence-electron chi connectivity index (χ3n) is 6.58. The number of Topliss-reactive ketones (excluding diaryl/α,β-unsaturated/α-hetero) is 1. The summed E-state index contributed by atoms with van der Waals surface area (Å²) in [5.41, 5.74) is 1.80. The number of carbonyl (C=O) groups is 2. The third kappa shape index (κ3) is 3.83. The van der Waals surface area contributed by atoms with Gasteiger partial charge in [-0.05, 0) is 41.8 Å². The van der Waals surface area contributed by atoms with Crippen LogP contribution in [0.5, 0.6) is 0 Å². The first-order chi connectivity index (χ1) is 12.9. The van der Waals surface area contributed by atoms with Gasteiger partial charge in [-0.3, -0.25) is 9.59 Å². The molecule has 1 unspecified atom stereocenters. The maximum absolute atomic E-state index is 13.4. The zero-order chi connectivity index (χ0) is 20.9. The molecule has 1 fully saturated rings. The monoisotopic (exact) mass is 401 g/mol. The number of hydrogen-bond acceptors (Lipinski definition) is 3. The van der Waals surface area contributed by atoms with Crippen LogP contribution in [0, 0.1) is 23.2 Å².